The number of amides is 1. The van der Waals surface area contributed by atoms with Crippen molar-refractivity contribution >= 4 is 16.1 Å². The zero-order valence-electron chi connectivity index (χ0n) is 14.4. The molecule has 136 valence electrons. The second kappa shape index (κ2) is 8.27. The van der Waals surface area contributed by atoms with Crippen LogP contribution in [-0.2, 0) is 19.5 Å². The van der Waals surface area contributed by atoms with Gasteiger partial charge in [0.2, 0.25) is 10.0 Å². The van der Waals surface area contributed by atoms with E-state index in [1.807, 2.05) is 6.92 Å². The Morgan fingerprint density at radius 1 is 1.30 bits per heavy atom. The Bertz CT molecular complexity index is 489. The van der Waals surface area contributed by atoms with Gasteiger partial charge < -0.3 is 20.1 Å². The Labute approximate surface area is 138 Å². The van der Waals surface area contributed by atoms with E-state index in [0.717, 1.165) is 0 Å². The van der Waals surface area contributed by atoms with Crippen LogP contribution in [0, 0.1) is 0 Å². The molecule has 0 radical (unpaired) electrons. The highest BCUT2D eigenvalue weighted by atomic mass is 32.2. The maximum atomic E-state index is 12.4. The van der Waals surface area contributed by atoms with Gasteiger partial charge in [0, 0.05) is 32.8 Å². The number of carbonyl (C=O) groups is 1. The van der Waals surface area contributed by atoms with Crippen molar-refractivity contribution in [2.75, 3.05) is 45.1 Å². The van der Waals surface area contributed by atoms with Gasteiger partial charge in [0.25, 0.3) is 0 Å². The maximum Gasteiger partial charge on any atom is 0.410 e. The van der Waals surface area contributed by atoms with Gasteiger partial charge in [-0.1, -0.05) is 0 Å². The SMILES string of the molecule is CCOCCS(=O)(=O)N1CCN(C(=O)OC(C)(C)C)CC1CN. The van der Waals surface area contributed by atoms with Crippen LogP contribution in [0.1, 0.15) is 27.7 Å². The lowest BCUT2D eigenvalue weighted by Crippen LogP contribution is -2.59. The fraction of sp³-hybridized carbons (Fsp3) is 0.929. The first-order valence-corrected chi connectivity index (χ1v) is 9.47. The fourth-order valence-electron chi connectivity index (χ4n) is 2.32. The summed E-state index contributed by atoms with van der Waals surface area (Å²) in [6.45, 7) is 8.71. The van der Waals surface area contributed by atoms with E-state index in [1.165, 1.54) is 9.21 Å². The third kappa shape index (κ3) is 6.25. The van der Waals surface area contributed by atoms with Crippen molar-refractivity contribution in [1.29, 1.82) is 0 Å². The second-order valence-corrected chi connectivity index (χ2v) is 8.48. The molecular formula is C14H29N3O5S. The molecule has 1 fully saturated rings. The molecule has 0 aliphatic carbocycles. The van der Waals surface area contributed by atoms with E-state index in [2.05, 4.69) is 0 Å². The van der Waals surface area contributed by atoms with Crippen molar-refractivity contribution in [2.24, 2.45) is 5.73 Å². The van der Waals surface area contributed by atoms with Crippen molar-refractivity contribution in [3.8, 4) is 0 Å². The van der Waals surface area contributed by atoms with Gasteiger partial charge in [-0.3, -0.25) is 0 Å². The first kappa shape index (κ1) is 20.1. The molecule has 0 aromatic carbocycles. The van der Waals surface area contributed by atoms with E-state index in [1.54, 1.807) is 20.8 Å². The molecule has 9 heteroatoms. The Morgan fingerprint density at radius 3 is 2.48 bits per heavy atom. The molecule has 0 aromatic heterocycles. The van der Waals surface area contributed by atoms with Crippen LogP contribution >= 0.6 is 0 Å². The lowest BCUT2D eigenvalue weighted by Gasteiger charge is -2.40. The third-order valence-electron chi connectivity index (χ3n) is 3.40. The Kier molecular flexibility index (Phi) is 7.25. The molecule has 23 heavy (non-hydrogen) atoms. The lowest BCUT2D eigenvalue weighted by atomic mass is 10.2. The molecule has 1 amide bonds. The van der Waals surface area contributed by atoms with Crippen LogP contribution in [-0.4, -0.2) is 80.5 Å². The summed E-state index contributed by atoms with van der Waals surface area (Å²) in [7, 11) is -3.45. The minimum absolute atomic E-state index is 0.0796. The average Bonchev–Trinajstić information content (AvgIpc) is 2.45. The number of carbonyl (C=O) groups excluding carboxylic acids is 1. The highest BCUT2D eigenvalue weighted by molar-refractivity contribution is 7.89. The first-order valence-electron chi connectivity index (χ1n) is 7.86. The molecule has 0 spiro atoms. The van der Waals surface area contributed by atoms with Gasteiger partial charge in [0.05, 0.1) is 18.4 Å². The number of nitrogens with zero attached hydrogens (tertiary/aromatic N) is 2. The number of rotatable bonds is 6. The van der Waals surface area contributed by atoms with E-state index in [4.69, 9.17) is 15.2 Å². The second-order valence-electron chi connectivity index (χ2n) is 6.44. The third-order valence-corrected chi connectivity index (χ3v) is 5.28. The highest BCUT2D eigenvalue weighted by Gasteiger charge is 2.36. The Balaban J connectivity index is 2.70. The standard InChI is InChI=1S/C14H29N3O5S/c1-5-21-8-9-23(19,20)17-7-6-16(11-12(17)10-15)13(18)22-14(2,3)4/h12H,5-11,15H2,1-4H3. The molecule has 1 rings (SSSR count). The Morgan fingerprint density at radius 2 is 1.96 bits per heavy atom. The van der Waals surface area contributed by atoms with Crippen molar-refractivity contribution in [2.45, 2.75) is 39.3 Å². The minimum atomic E-state index is -3.45. The lowest BCUT2D eigenvalue weighted by molar-refractivity contribution is 0.0137. The van der Waals surface area contributed by atoms with Crippen LogP contribution in [0.15, 0.2) is 0 Å². The van der Waals surface area contributed by atoms with E-state index < -0.39 is 27.8 Å². The molecule has 1 aliphatic heterocycles. The number of hydrogen-bond acceptors (Lipinski definition) is 6. The molecule has 0 saturated carbocycles. The predicted molar refractivity (Wildman–Crippen MR) is 87.6 cm³/mol. The van der Waals surface area contributed by atoms with Crippen molar-refractivity contribution in [3.63, 3.8) is 0 Å². The smallest absolute Gasteiger partial charge is 0.410 e. The van der Waals surface area contributed by atoms with E-state index >= 15 is 0 Å². The molecule has 1 heterocycles. The molecule has 0 bridgehead atoms. The summed E-state index contributed by atoms with van der Waals surface area (Å²) in [4.78, 5) is 13.6. The predicted octanol–water partition coefficient (Wildman–Crippen LogP) is 0.233. The number of hydrogen-bond donors (Lipinski definition) is 1. The summed E-state index contributed by atoms with van der Waals surface area (Å²) in [5.41, 5.74) is 5.13. The van der Waals surface area contributed by atoms with Crippen molar-refractivity contribution in [1.82, 2.24) is 9.21 Å². The molecule has 0 aromatic rings. The van der Waals surface area contributed by atoms with Gasteiger partial charge in [0.1, 0.15) is 5.60 Å². The molecule has 1 saturated heterocycles. The summed E-state index contributed by atoms with van der Waals surface area (Å²) in [5, 5.41) is 0. The summed E-state index contributed by atoms with van der Waals surface area (Å²) in [6, 6.07) is -0.442. The molecule has 8 nitrogen and oxygen atoms in total. The maximum absolute atomic E-state index is 12.4. The van der Waals surface area contributed by atoms with Crippen LogP contribution in [0.2, 0.25) is 0 Å². The number of ether oxygens (including phenoxy) is 2. The van der Waals surface area contributed by atoms with Crippen LogP contribution < -0.4 is 5.73 Å². The van der Waals surface area contributed by atoms with E-state index in [9.17, 15) is 13.2 Å². The van der Waals surface area contributed by atoms with Gasteiger partial charge in [-0.2, -0.15) is 4.31 Å². The van der Waals surface area contributed by atoms with E-state index in [0.29, 0.717) is 13.2 Å². The zero-order chi connectivity index (χ0) is 17.7. The average molecular weight is 351 g/mol. The van der Waals surface area contributed by atoms with Gasteiger partial charge in [-0.15, -0.1) is 0 Å². The zero-order valence-corrected chi connectivity index (χ0v) is 15.3. The number of sulfonamides is 1. The van der Waals surface area contributed by atoms with Gasteiger partial charge in [-0.25, -0.2) is 13.2 Å². The molecule has 1 unspecified atom stereocenters. The van der Waals surface area contributed by atoms with Crippen molar-refractivity contribution < 1.29 is 22.7 Å². The first-order chi connectivity index (χ1) is 10.6. The molecular weight excluding hydrogens is 322 g/mol. The van der Waals surface area contributed by atoms with E-state index in [-0.39, 0.29) is 32.0 Å². The van der Waals surface area contributed by atoms with Crippen LogP contribution in [0.3, 0.4) is 0 Å². The van der Waals surface area contributed by atoms with Gasteiger partial charge in [-0.05, 0) is 27.7 Å². The van der Waals surface area contributed by atoms with Crippen molar-refractivity contribution in [3.05, 3.63) is 0 Å². The molecule has 1 aliphatic rings. The minimum Gasteiger partial charge on any atom is -0.444 e. The Hall–Kier alpha value is -0.900. The van der Waals surface area contributed by atoms with Crippen LogP contribution in [0.4, 0.5) is 4.79 Å². The summed E-state index contributed by atoms with van der Waals surface area (Å²) >= 11 is 0. The topological polar surface area (TPSA) is 102 Å². The normalized spacial score (nSPS) is 20.6. The fourth-order valence-corrected chi connectivity index (χ4v) is 3.84. The summed E-state index contributed by atoms with van der Waals surface area (Å²) in [5.74, 6) is -0.0796. The molecule has 1 atom stereocenters. The number of piperazine rings is 1. The quantitative estimate of drug-likeness (QED) is 0.688. The number of nitrogens with two attached hydrogens (primary N) is 1. The van der Waals surface area contributed by atoms with Crippen LogP contribution in [0.25, 0.3) is 0 Å². The largest absolute Gasteiger partial charge is 0.444 e. The summed E-state index contributed by atoms with van der Waals surface area (Å²) < 4.78 is 36.6. The summed E-state index contributed by atoms with van der Waals surface area (Å²) in [6.07, 6.45) is -0.442. The molecule has 2 N–H and O–H groups in total. The van der Waals surface area contributed by atoms with Gasteiger partial charge >= 0.3 is 6.09 Å². The highest BCUT2D eigenvalue weighted by Crippen LogP contribution is 2.17. The van der Waals surface area contributed by atoms with Gasteiger partial charge in [0.15, 0.2) is 0 Å². The van der Waals surface area contributed by atoms with Crippen LogP contribution in [0.5, 0.6) is 0 Å². The monoisotopic (exact) mass is 351 g/mol.